The maximum atomic E-state index is 10.1. The van der Waals surface area contributed by atoms with Gasteiger partial charge in [0.1, 0.15) is 5.10 Å². The van der Waals surface area contributed by atoms with Crippen molar-refractivity contribution in [3.63, 3.8) is 0 Å². The highest BCUT2D eigenvalue weighted by molar-refractivity contribution is 5.81. The quantitative estimate of drug-likeness (QED) is 0.341. The average Bonchev–Trinajstić information content (AvgIpc) is 2.75. The number of nitrogens with zero attached hydrogens (tertiary/aromatic N) is 3. The fourth-order valence-electron chi connectivity index (χ4n) is 1.29. The normalized spacial score (nSPS) is 29.1. The van der Waals surface area contributed by atoms with Crippen LogP contribution in [0, 0.1) is 10.1 Å². The third-order valence-corrected chi connectivity index (χ3v) is 1.97. The summed E-state index contributed by atoms with van der Waals surface area (Å²) in [7, 11) is 0. The maximum absolute atomic E-state index is 10.1. The van der Waals surface area contributed by atoms with Crippen LogP contribution in [0.3, 0.4) is 0 Å². The molecule has 0 aromatic heterocycles. The van der Waals surface area contributed by atoms with Gasteiger partial charge in [-0.1, -0.05) is 0 Å². The van der Waals surface area contributed by atoms with E-state index >= 15 is 0 Å². The molecule has 0 unspecified atom stereocenters. The molecular formula is C6H10N4O3. The smallest absolute Gasteiger partial charge is 0.271 e. The van der Waals surface area contributed by atoms with Crippen LogP contribution in [-0.4, -0.2) is 48.2 Å². The lowest BCUT2D eigenvalue weighted by atomic mass is 10.4. The van der Waals surface area contributed by atoms with E-state index in [1.807, 2.05) is 4.90 Å². The zero-order chi connectivity index (χ0) is 9.26. The molecule has 0 aromatic rings. The highest BCUT2D eigenvalue weighted by Crippen LogP contribution is 2.12. The molecule has 2 fully saturated rings. The van der Waals surface area contributed by atoms with E-state index in [1.165, 1.54) is 0 Å². The molecule has 0 saturated carbocycles. The summed E-state index contributed by atoms with van der Waals surface area (Å²) in [5.74, 6) is 0.348. The second kappa shape index (κ2) is 3.17. The van der Waals surface area contributed by atoms with Crippen molar-refractivity contribution in [3.8, 4) is 0 Å². The van der Waals surface area contributed by atoms with Crippen molar-refractivity contribution in [1.82, 2.24) is 10.2 Å². The first-order chi connectivity index (χ1) is 6.25. The summed E-state index contributed by atoms with van der Waals surface area (Å²) in [6.07, 6.45) is 0.233. The SMILES string of the molecule is O=[N+]([O-])N=C1NCCN1C[C@H]1CO1. The Morgan fingerprint density at radius 2 is 2.62 bits per heavy atom. The zero-order valence-electron chi connectivity index (χ0n) is 6.97. The largest absolute Gasteiger partial charge is 0.371 e. The van der Waals surface area contributed by atoms with Gasteiger partial charge in [-0.05, 0) is 0 Å². The molecule has 7 nitrogen and oxygen atoms in total. The molecule has 0 radical (unpaired) electrons. The molecule has 7 heteroatoms. The predicted molar refractivity (Wildman–Crippen MR) is 43.7 cm³/mol. The van der Waals surface area contributed by atoms with Crippen LogP contribution in [-0.2, 0) is 4.74 Å². The van der Waals surface area contributed by atoms with Crippen molar-refractivity contribution in [3.05, 3.63) is 10.1 Å². The Labute approximate surface area is 74.5 Å². The van der Waals surface area contributed by atoms with Crippen molar-refractivity contribution in [2.24, 2.45) is 5.10 Å². The van der Waals surface area contributed by atoms with Crippen LogP contribution in [0.5, 0.6) is 0 Å². The van der Waals surface area contributed by atoms with E-state index in [9.17, 15) is 10.1 Å². The van der Waals surface area contributed by atoms with E-state index in [4.69, 9.17) is 4.74 Å². The topological polar surface area (TPSA) is 83.3 Å². The Morgan fingerprint density at radius 3 is 3.23 bits per heavy atom. The summed E-state index contributed by atoms with van der Waals surface area (Å²) in [5, 5.41) is 15.5. The van der Waals surface area contributed by atoms with Crippen molar-refractivity contribution in [2.75, 3.05) is 26.2 Å². The van der Waals surface area contributed by atoms with E-state index in [-0.39, 0.29) is 6.10 Å². The molecule has 2 aliphatic heterocycles. The van der Waals surface area contributed by atoms with E-state index in [2.05, 4.69) is 10.4 Å². The molecule has 13 heavy (non-hydrogen) atoms. The minimum atomic E-state index is -0.686. The number of nitro groups is 1. The van der Waals surface area contributed by atoms with Gasteiger partial charge in [0.25, 0.3) is 5.96 Å². The number of rotatable bonds is 3. The first-order valence-electron chi connectivity index (χ1n) is 4.09. The third kappa shape index (κ3) is 2.05. The molecule has 0 aliphatic carbocycles. The molecule has 1 atom stereocenters. The van der Waals surface area contributed by atoms with Gasteiger partial charge in [-0.2, -0.15) is 0 Å². The standard InChI is InChI=1S/C6H10N4O3/c11-10(12)8-6-7-1-2-9(6)3-5-4-13-5/h5H,1-4H2,(H,7,8)/t5-/m0/s1. The molecule has 2 saturated heterocycles. The lowest BCUT2D eigenvalue weighted by Gasteiger charge is -2.12. The van der Waals surface area contributed by atoms with Gasteiger partial charge in [-0.3, -0.25) is 0 Å². The lowest BCUT2D eigenvalue weighted by molar-refractivity contribution is -0.485. The summed E-state index contributed by atoms with van der Waals surface area (Å²) < 4.78 is 5.03. The molecule has 2 aliphatic rings. The summed E-state index contributed by atoms with van der Waals surface area (Å²) in [4.78, 5) is 12.0. The van der Waals surface area contributed by atoms with Crippen molar-refractivity contribution >= 4 is 5.96 Å². The summed E-state index contributed by atoms with van der Waals surface area (Å²) in [6.45, 7) is 2.91. The molecule has 72 valence electrons. The third-order valence-electron chi connectivity index (χ3n) is 1.97. The van der Waals surface area contributed by atoms with Gasteiger partial charge < -0.3 is 15.0 Å². The summed E-state index contributed by atoms with van der Waals surface area (Å²) in [6, 6.07) is 0. The lowest BCUT2D eigenvalue weighted by Crippen LogP contribution is -2.33. The van der Waals surface area contributed by atoms with Crippen molar-refractivity contribution in [1.29, 1.82) is 0 Å². The van der Waals surface area contributed by atoms with Crippen LogP contribution in [0.25, 0.3) is 0 Å². The molecule has 0 amide bonds. The van der Waals surface area contributed by atoms with Gasteiger partial charge in [0, 0.05) is 19.6 Å². The molecule has 0 aromatic carbocycles. The molecule has 2 heterocycles. The van der Waals surface area contributed by atoms with Crippen molar-refractivity contribution < 1.29 is 9.77 Å². The van der Waals surface area contributed by atoms with E-state index < -0.39 is 5.03 Å². The van der Waals surface area contributed by atoms with Crippen molar-refractivity contribution in [2.45, 2.75) is 6.10 Å². The Kier molecular flexibility index (Phi) is 2.01. The molecule has 2 rings (SSSR count). The number of nitrogens with one attached hydrogen (secondary N) is 1. The van der Waals surface area contributed by atoms with Gasteiger partial charge in [0.2, 0.25) is 0 Å². The number of epoxide rings is 1. The first-order valence-corrected chi connectivity index (χ1v) is 4.09. The average molecular weight is 186 g/mol. The Bertz CT molecular complexity index is 250. The monoisotopic (exact) mass is 186 g/mol. The van der Waals surface area contributed by atoms with Crippen LogP contribution in [0.15, 0.2) is 5.10 Å². The highest BCUT2D eigenvalue weighted by atomic mass is 16.7. The van der Waals surface area contributed by atoms with Gasteiger partial charge in [-0.25, -0.2) is 10.1 Å². The molecule has 1 N–H and O–H groups in total. The summed E-state index contributed by atoms with van der Waals surface area (Å²) >= 11 is 0. The number of guanidine groups is 1. The number of ether oxygens (including phenoxy) is 1. The fourth-order valence-corrected chi connectivity index (χ4v) is 1.29. The zero-order valence-corrected chi connectivity index (χ0v) is 6.97. The number of hydrazone groups is 1. The minimum Gasteiger partial charge on any atom is -0.371 e. The first kappa shape index (κ1) is 8.24. The van der Waals surface area contributed by atoms with Gasteiger partial charge in [-0.15, -0.1) is 0 Å². The summed E-state index contributed by atoms with van der Waals surface area (Å²) in [5.41, 5.74) is 0. The fraction of sp³-hybridized carbons (Fsp3) is 0.833. The van der Waals surface area contributed by atoms with Gasteiger partial charge >= 0.3 is 0 Å². The maximum Gasteiger partial charge on any atom is 0.271 e. The molecule has 0 spiro atoms. The Balaban J connectivity index is 1.95. The van der Waals surface area contributed by atoms with Crippen LogP contribution < -0.4 is 5.32 Å². The van der Waals surface area contributed by atoms with E-state index in [0.717, 1.165) is 13.2 Å². The molecular weight excluding hydrogens is 176 g/mol. The Hall–Kier alpha value is -1.37. The van der Waals surface area contributed by atoms with E-state index in [0.29, 0.717) is 19.0 Å². The van der Waals surface area contributed by atoms with Crippen LogP contribution in [0.2, 0.25) is 0 Å². The minimum absolute atomic E-state index is 0.233. The van der Waals surface area contributed by atoms with Crippen LogP contribution in [0.1, 0.15) is 0 Å². The highest BCUT2D eigenvalue weighted by Gasteiger charge is 2.30. The van der Waals surface area contributed by atoms with Gasteiger partial charge in [0.05, 0.1) is 12.7 Å². The molecule has 0 bridgehead atoms. The van der Waals surface area contributed by atoms with Crippen LogP contribution >= 0.6 is 0 Å². The predicted octanol–water partition coefficient (Wildman–Crippen LogP) is -1.16. The number of hydrogen-bond donors (Lipinski definition) is 1. The van der Waals surface area contributed by atoms with Crippen LogP contribution in [0.4, 0.5) is 0 Å². The number of hydrogen-bond acceptors (Lipinski definition) is 3. The van der Waals surface area contributed by atoms with E-state index in [1.54, 1.807) is 0 Å². The second-order valence-corrected chi connectivity index (χ2v) is 2.99. The Morgan fingerprint density at radius 1 is 1.85 bits per heavy atom. The second-order valence-electron chi connectivity index (χ2n) is 2.99. The van der Waals surface area contributed by atoms with Gasteiger partial charge in [0.15, 0.2) is 5.03 Å².